The quantitative estimate of drug-likeness (QED) is 0.802. The number of rotatable bonds is 3. The zero-order chi connectivity index (χ0) is 10.1. The maximum Gasteiger partial charge on any atom is 0.307 e. The van der Waals surface area contributed by atoms with Crippen molar-refractivity contribution < 1.29 is 17.0 Å². The fourth-order valence-electron chi connectivity index (χ4n) is 0.778. The highest BCUT2D eigenvalue weighted by atomic mass is 79.9. The molecule has 0 aliphatic rings. The van der Waals surface area contributed by atoms with Crippen LogP contribution in [0.1, 0.15) is 4.88 Å². The molecule has 0 N–H and O–H groups in total. The highest BCUT2D eigenvalue weighted by molar-refractivity contribution is 9.10. The van der Waals surface area contributed by atoms with Gasteiger partial charge in [0, 0.05) is 4.88 Å². The molecule has 1 rings (SSSR count). The Morgan fingerprint density at radius 1 is 1.69 bits per heavy atom. The summed E-state index contributed by atoms with van der Waals surface area (Å²) in [4.78, 5) is 0.409. The molecular formula is C6H6BrFO3S2. The normalized spacial score (nSPS) is 11.6. The fraction of sp³-hybridized carbons (Fsp3) is 0.333. The monoisotopic (exact) mass is 288 g/mol. The second-order valence-electron chi connectivity index (χ2n) is 2.24. The first kappa shape index (κ1) is 10.9. The Balaban J connectivity index is 2.92. The van der Waals surface area contributed by atoms with Gasteiger partial charge in [-0.15, -0.1) is 15.2 Å². The van der Waals surface area contributed by atoms with Crippen molar-refractivity contribution in [3.63, 3.8) is 0 Å². The molecule has 0 aliphatic carbocycles. The van der Waals surface area contributed by atoms with Crippen LogP contribution in [0.25, 0.3) is 0 Å². The smallest absolute Gasteiger partial charge is 0.307 e. The van der Waals surface area contributed by atoms with Gasteiger partial charge in [-0.2, -0.15) is 8.42 Å². The number of ether oxygens (including phenoxy) is 1. The zero-order valence-electron chi connectivity index (χ0n) is 6.58. The fourth-order valence-corrected chi connectivity index (χ4v) is 3.35. The van der Waals surface area contributed by atoms with Gasteiger partial charge in [0.05, 0.1) is 11.6 Å². The van der Waals surface area contributed by atoms with Crippen LogP contribution < -0.4 is 4.74 Å². The van der Waals surface area contributed by atoms with Gasteiger partial charge in [-0.3, -0.25) is 0 Å². The Bertz CT molecular complexity index is 398. The second-order valence-corrected chi connectivity index (χ2v) is 5.56. The maximum atomic E-state index is 12.2. The minimum atomic E-state index is -4.45. The highest BCUT2D eigenvalue weighted by Gasteiger charge is 2.14. The summed E-state index contributed by atoms with van der Waals surface area (Å²) in [5.74, 6) is -0.598. The van der Waals surface area contributed by atoms with Crippen molar-refractivity contribution in [2.45, 2.75) is 5.75 Å². The third-order valence-corrected chi connectivity index (χ3v) is 3.99. The summed E-state index contributed by atoms with van der Waals surface area (Å²) in [5.41, 5.74) is 0. The molecule has 0 amide bonds. The zero-order valence-corrected chi connectivity index (χ0v) is 9.80. The molecule has 1 heterocycles. The molecular weight excluding hydrogens is 283 g/mol. The Morgan fingerprint density at radius 2 is 2.31 bits per heavy atom. The van der Waals surface area contributed by atoms with Crippen molar-refractivity contribution in [3.8, 4) is 5.06 Å². The lowest BCUT2D eigenvalue weighted by molar-refractivity contribution is 0.425. The van der Waals surface area contributed by atoms with Gasteiger partial charge < -0.3 is 4.74 Å². The molecule has 1 aromatic rings. The van der Waals surface area contributed by atoms with Gasteiger partial charge >= 0.3 is 10.2 Å². The Labute approximate surface area is 87.9 Å². The van der Waals surface area contributed by atoms with Gasteiger partial charge in [-0.25, -0.2) is 0 Å². The molecule has 1 aromatic heterocycles. The average molecular weight is 289 g/mol. The first-order valence-electron chi connectivity index (χ1n) is 3.17. The van der Waals surface area contributed by atoms with Crippen LogP contribution >= 0.6 is 27.3 Å². The summed E-state index contributed by atoms with van der Waals surface area (Å²) in [6.45, 7) is 0. The van der Waals surface area contributed by atoms with Gasteiger partial charge in [-0.05, 0) is 22.0 Å². The van der Waals surface area contributed by atoms with E-state index in [-0.39, 0.29) is 0 Å². The summed E-state index contributed by atoms with van der Waals surface area (Å²) < 4.78 is 38.4. The lowest BCUT2D eigenvalue weighted by Gasteiger charge is -1.91. The summed E-state index contributed by atoms with van der Waals surface area (Å²) in [7, 11) is -2.99. The van der Waals surface area contributed by atoms with Crippen molar-refractivity contribution in [2.24, 2.45) is 0 Å². The van der Waals surface area contributed by atoms with Gasteiger partial charge in [0.1, 0.15) is 5.75 Å². The van der Waals surface area contributed by atoms with Crippen molar-refractivity contribution in [1.82, 2.24) is 0 Å². The third-order valence-electron chi connectivity index (χ3n) is 1.21. The molecule has 0 aliphatic heterocycles. The Kier molecular flexibility index (Phi) is 3.31. The van der Waals surface area contributed by atoms with E-state index in [1.54, 1.807) is 0 Å². The summed E-state index contributed by atoms with van der Waals surface area (Å²) in [6, 6.07) is 1.53. The topological polar surface area (TPSA) is 43.4 Å². The molecule has 0 radical (unpaired) electrons. The van der Waals surface area contributed by atoms with E-state index in [1.165, 1.54) is 13.2 Å². The molecule has 0 unspecified atom stereocenters. The molecule has 3 nitrogen and oxygen atoms in total. The lowest BCUT2D eigenvalue weighted by Crippen LogP contribution is -1.92. The van der Waals surface area contributed by atoms with Crippen LogP contribution in [0.2, 0.25) is 0 Å². The molecule has 0 fully saturated rings. The van der Waals surface area contributed by atoms with E-state index in [2.05, 4.69) is 15.9 Å². The van der Waals surface area contributed by atoms with E-state index in [9.17, 15) is 12.3 Å². The molecule has 0 saturated heterocycles. The third kappa shape index (κ3) is 3.24. The number of hydrogen-bond donors (Lipinski definition) is 0. The molecule has 0 saturated carbocycles. The molecule has 0 spiro atoms. The maximum absolute atomic E-state index is 12.2. The van der Waals surface area contributed by atoms with Crippen LogP contribution in [0.4, 0.5) is 3.89 Å². The van der Waals surface area contributed by atoms with Crippen LogP contribution in [0.15, 0.2) is 10.5 Å². The summed E-state index contributed by atoms with van der Waals surface area (Å²) in [6.07, 6.45) is 0. The van der Waals surface area contributed by atoms with Crippen molar-refractivity contribution in [3.05, 3.63) is 15.4 Å². The number of methoxy groups -OCH3 is 1. The Hall–Kier alpha value is -0.140. The van der Waals surface area contributed by atoms with Crippen molar-refractivity contribution >= 4 is 37.5 Å². The van der Waals surface area contributed by atoms with Crippen LogP contribution in [0, 0.1) is 0 Å². The predicted molar refractivity (Wildman–Crippen MR) is 52.3 cm³/mol. The SMILES string of the molecule is COc1sc(CS(=O)(=O)F)cc1Br. The van der Waals surface area contributed by atoms with Crippen LogP contribution in [-0.4, -0.2) is 15.5 Å². The van der Waals surface area contributed by atoms with E-state index in [0.717, 1.165) is 11.3 Å². The summed E-state index contributed by atoms with van der Waals surface area (Å²) in [5, 5.41) is 0.540. The first-order chi connectivity index (χ1) is 5.92. The second kappa shape index (κ2) is 3.93. The standard InChI is InChI=1S/C6H6BrFO3S2/c1-11-6-5(7)2-4(12-6)3-13(8,9)10/h2H,3H2,1H3. The van der Waals surface area contributed by atoms with E-state index >= 15 is 0 Å². The minimum Gasteiger partial charge on any atom is -0.486 e. The Morgan fingerprint density at radius 3 is 2.69 bits per heavy atom. The predicted octanol–water partition coefficient (Wildman–Crippen LogP) is 2.32. The van der Waals surface area contributed by atoms with E-state index in [0.29, 0.717) is 14.4 Å². The van der Waals surface area contributed by atoms with Crippen molar-refractivity contribution in [1.29, 1.82) is 0 Å². The molecule has 74 valence electrons. The highest BCUT2D eigenvalue weighted by Crippen LogP contribution is 2.35. The number of halogens is 2. The average Bonchev–Trinajstić information content (AvgIpc) is 2.26. The molecule has 0 atom stereocenters. The van der Waals surface area contributed by atoms with Crippen molar-refractivity contribution in [2.75, 3.05) is 7.11 Å². The van der Waals surface area contributed by atoms with Gasteiger partial charge in [0.25, 0.3) is 0 Å². The molecule has 0 aromatic carbocycles. The summed E-state index contributed by atoms with van der Waals surface area (Å²) >= 11 is 4.25. The van der Waals surface area contributed by atoms with E-state index in [4.69, 9.17) is 4.74 Å². The lowest BCUT2D eigenvalue weighted by atomic mass is 10.5. The molecule has 0 bridgehead atoms. The van der Waals surface area contributed by atoms with Gasteiger partial charge in [0.15, 0.2) is 5.06 Å². The largest absolute Gasteiger partial charge is 0.486 e. The first-order valence-corrected chi connectivity index (χ1v) is 6.33. The van der Waals surface area contributed by atoms with Crippen LogP contribution in [0.5, 0.6) is 5.06 Å². The number of thiophene rings is 1. The molecule has 13 heavy (non-hydrogen) atoms. The molecule has 7 heteroatoms. The minimum absolute atomic E-state index is 0.409. The number of hydrogen-bond acceptors (Lipinski definition) is 4. The van der Waals surface area contributed by atoms with E-state index in [1.807, 2.05) is 0 Å². The van der Waals surface area contributed by atoms with E-state index < -0.39 is 16.0 Å². The van der Waals surface area contributed by atoms with Gasteiger partial charge in [-0.1, -0.05) is 0 Å². The van der Waals surface area contributed by atoms with Crippen LogP contribution in [0.3, 0.4) is 0 Å². The van der Waals surface area contributed by atoms with Gasteiger partial charge in [0.2, 0.25) is 0 Å². The van der Waals surface area contributed by atoms with Crippen LogP contribution in [-0.2, 0) is 16.0 Å².